The van der Waals surface area contributed by atoms with Crippen molar-refractivity contribution in [2.75, 3.05) is 6.61 Å². The van der Waals surface area contributed by atoms with E-state index >= 15 is 0 Å². The summed E-state index contributed by atoms with van der Waals surface area (Å²) in [5.74, 6) is -1.96. The molecule has 0 radical (unpaired) electrons. The van der Waals surface area contributed by atoms with Crippen molar-refractivity contribution in [2.24, 2.45) is 11.8 Å². The van der Waals surface area contributed by atoms with Crippen LogP contribution >= 0.6 is 9.90 Å². The van der Waals surface area contributed by atoms with Gasteiger partial charge in [-0.1, -0.05) is 24.3 Å². The van der Waals surface area contributed by atoms with Gasteiger partial charge in [-0.15, -0.1) is 0 Å². The highest BCUT2D eigenvalue weighted by atomic mass is 31.0. The zero-order valence-corrected chi connectivity index (χ0v) is 24.3. The summed E-state index contributed by atoms with van der Waals surface area (Å²) in [6.45, 7) is 2.04. The Labute approximate surface area is 243 Å². The first-order valence-electron chi connectivity index (χ1n) is 12.7. The number of hydrogen-bond acceptors (Lipinski definition) is 5. The van der Waals surface area contributed by atoms with E-state index in [2.05, 4.69) is 9.97 Å². The van der Waals surface area contributed by atoms with Crippen molar-refractivity contribution in [3.63, 3.8) is 0 Å². The molecule has 1 N–H and O–H groups in total. The lowest BCUT2D eigenvalue weighted by atomic mass is 9.86. The lowest BCUT2D eigenvalue weighted by molar-refractivity contribution is -0.148. The Morgan fingerprint density at radius 1 is 0.857 bits per heavy atom. The largest absolute Gasteiger partial charge is 0.577 e. The number of hydrogen-bond donors (Lipinski definition) is 1. The minimum Gasteiger partial charge on any atom is -0.577 e. The summed E-state index contributed by atoms with van der Waals surface area (Å²) in [7, 11) is 0. The summed E-state index contributed by atoms with van der Waals surface area (Å²) in [4.78, 5) is 29.3. The number of rotatable bonds is 5. The second-order valence-electron chi connectivity index (χ2n) is 9.29. The fraction of sp³-hybridized carbons (Fsp3) is 0.414. The summed E-state index contributed by atoms with van der Waals surface area (Å²) < 4.78 is 82.2. The average Bonchev–Trinajstić information content (AvgIpc) is 2.93. The van der Waals surface area contributed by atoms with Crippen LogP contribution in [0, 0.1) is 19.3 Å². The number of carboxylic acid groups (broad SMARTS) is 1. The van der Waals surface area contributed by atoms with E-state index in [4.69, 9.17) is 9.84 Å². The SMILES string of the molecule is CCOC(=O)C1CC=C(c2cccnc2C(F)(F)F)CC1.O=C(O)C1CC=C(c2cccnc2C(F)(F)F)CC1.[CH3-].[PH2-]. The van der Waals surface area contributed by atoms with Gasteiger partial charge >= 0.3 is 24.3 Å². The molecule has 2 aliphatic rings. The number of aliphatic carboxylic acids is 1. The number of pyridine rings is 2. The fourth-order valence-electron chi connectivity index (χ4n) is 4.64. The maximum atomic E-state index is 12.9. The van der Waals surface area contributed by atoms with Crippen LogP contribution in [0.3, 0.4) is 0 Å². The molecule has 2 unspecified atom stereocenters. The normalized spacial score (nSPS) is 18.5. The van der Waals surface area contributed by atoms with E-state index in [1.807, 2.05) is 0 Å². The molecule has 0 fully saturated rings. The summed E-state index contributed by atoms with van der Waals surface area (Å²) in [6.07, 6.45) is -1.21. The molecule has 42 heavy (non-hydrogen) atoms. The Bertz CT molecular complexity index is 1280. The fourth-order valence-corrected chi connectivity index (χ4v) is 4.64. The molecule has 2 aliphatic carbocycles. The van der Waals surface area contributed by atoms with Crippen molar-refractivity contribution >= 4 is 33.0 Å². The molecule has 2 aromatic heterocycles. The molecule has 232 valence electrons. The van der Waals surface area contributed by atoms with Crippen LogP contribution in [0.2, 0.25) is 0 Å². The third-order valence-electron chi connectivity index (χ3n) is 6.64. The molecule has 2 aromatic rings. The zero-order valence-electron chi connectivity index (χ0n) is 23.1. The van der Waals surface area contributed by atoms with Gasteiger partial charge in [0.25, 0.3) is 0 Å². The highest BCUT2D eigenvalue weighted by molar-refractivity contribution is 6.92. The van der Waals surface area contributed by atoms with Crippen molar-refractivity contribution in [1.29, 1.82) is 0 Å². The predicted molar refractivity (Wildman–Crippen MR) is 150 cm³/mol. The van der Waals surface area contributed by atoms with Gasteiger partial charge in [-0.05, 0) is 68.7 Å². The summed E-state index contributed by atoms with van der Waals surface area (Å²) in [5.41, 5.74) is -0.499. The van der Waals surface area contributed by atoms with Crippen molar-refractivity contribution in [2.45, 2.75) is 57.8 Å². The quantitative estimate of drug-likeness (QED) is 0.158. The first-order chi connectivity index (χ1) is 18.8. The summed E-state index contributed by atoms with van der Waals surface area (Å²) in [5, 5.41) is 8.86. The number of ether oxygens (including phenoxy) is 1. The molecular formula is C29H33F6N2O4P-2. The van der Waals surface area contributed by atoms with Crippen molar-refractivity contribution in [3.8, 4) is 0 Å². The minimum absolute atomic E-state index is 0. The van der Waals surface area contributed by atoms with Crippen LogP contribution in [-0.2, 0) is 26.7 Å². The standard InChI is InChI=1S/C15H16F3NO2.C13H12F3NO2.CH3.H2P/c1-2-21-14(20)11-7-5-10(6-8-11)12-4-3-9-19-13(12)15(16,17)18;14-13(15,16)11-10(2-1-7-17-11)8-3-5-9(6-4-8)12(18)19;;/h3-5,9,11H,2,6-8H2,1H3;1-3,7,9H,4-6H2,(H,18,19);1H3;1H2/q;;2*-1. The highest BCUT2D eigenvalue weighted by Crippen LogP contribution is 2.39. The van der Waals surface area contributed by atoms with Gasteiger partial charge in [0.05, 0.1) is 18.4 Å². The van der Waals surface area contributed by atoms with E-state index < -0.39 is 35.6 Å². The Kier molecular flexibility index (Phi) is 13.8. The molecule has 4 rings (SSSR count). The number of esters is 1. The molecule has 13 heteroatoms. The smallest absolute Gasteiger partial charge is 0.433 e. The van der Waals surface area contributed by atoms with Gasteiger partial charge in [-0.2, -0.15) is 26.3 Å². The summed E-state index contributed by atoms with van der Waals surface area (Å²) in [6, 6.07) is 5.74. The number of carboxylic acids is 1. The molecule has 2 atom stereocenters. The van der Waals surface area contributed by atoms with Gasteiger partial charge in [0.1, 0.15) is 0 Å². The average molecular weight is 619 g/mol. The van der Waals surface area contributed by atoms with E-state index in [-0.39, 0.29) is 46.8 Å². The van der Waals surface area contributed by atoms with Crippen LogP contribution in [0.25, 0.3) is 11.1 Å². The van der Waals surface area contributed by atoms with Gasteiger partial charge in [-0.25, -0.2) is 0 Å². The number of nitrogens with zero attached hydrogens (tertiary/aromatic N) is 2. The predicted octanol–water partition coefficient (Wildman–Crippen LogP) is 7.99. The molecule has 0 aromatic carbocycles. The van der Waals surface area contributed by atoms with E-state index in [0.29, 0.717) is 49.9 Å². The van der Waals surface area contributed by atoms with E-state index in [1.54, 1.807) is 19.1 Å². The molecule has 0 saturated heterocycles. The zero-order chi connectivity index (χ0) is 29.5. The molecule has 0 bridgehead atoms. The van der Waals surface area contributed by atoms with Crippen molar-refractivity contribution in [1.82, 2.24) is 9.97 Å². The Balaban J connectivity index is 0.000000403. The maximum absolute atomic E-state index is 12.9. The molecular weight excluding hydrogens is 585 g/mol. The number of aromatic nitrogens is 2. The van der Waals surface area contributed by atoms with Gasteiger partial charge < -0.3 is 27.2 Å². The van der Waals surface area contributed by atoms with Gasteiger partial charge in [0.15, 0.2) is 11.4 Å². The summed E-state index contributed by atoms with van der Waals surface area (Å²) >= 11 is 0. The Morgan fingerprint density at radius 2 is 1.29 bits per heavy atom. The molecule has 0 saturated carbocycles. The Hall–Kier alpha value is -3.27. The monoisotopic (exact) mass is 618 g/mol. The van der Waals surface area contributed by atoms with Crippen LogP contribution in [-0.4, -0.2) is 33.6 Å². The number of carbonyl (C=O) groups excluding carboxylic acids is 1. The van der Waals surface area contributed by atoms with Crippen LogP contribution in [0.4, 0.5) is 26.3 Å². The van der Waals surface area contributed by atoms with Crippen LogP contribution < -0.4 is 0 Å². The van der Waals surface area contributed by atoms with Gasteiger partial charge in [0, 0.05) is 23.5 Å². The van der Waals surface area contributed by atoms with E-state index in [1.165, 1.54) is 24.3 Å². The molecule has 2 heterocycles. The molecule has 0 aliphatic heterocycles. The highest BCUT2D eigenvalue weighted by Gasteiger charge is 2.37. The van der Waals surface area contributed by atoms with Gasteiger partial charge in [-0.3, -0.25) is 19.6 Å². The topological polar surface area (TPSA) is 89.4 Å². The Morgan fingerprint density at radius 3 is 1.62 bits per heavy atom. The first-order valence-corrected chi connectivity index (χ1v) is 12.7. The molecule has 0 amide bonds. The number of alkyl halides is 6. The first kappa shape index (κ1) is 36.8. The third kappa shape index (κ3) is 9.64. The van der Waals surface area contributed by atoms with E-state index in [9.17, 15) is 35.9 Å². The van der Waals surface area contributed by atoms with Gasteiger partial charge in [0.2, 0.25) is 0 Å². The second-order valence-corrected chi connectivity index (χ2v) is 9.29. The number of allylic oxidation sites excluding steroid dienone is 4. The lowest BCUT2D eigenvalue weighted by Crippen LogP contribution is -2.20. The third-order valence-corrected chi connectivity index (χ3v) is 6.64. The van der Waals surface area contributed by atoms with Crippen LogP contribution in [0.1, 0.15) is 68.0 Å². The van der Waals surface area contributed by atoms with Crippen molar-refractivity contribution < 1.29 is 45.8 Å². The van der Waals surface area contributed by atoms with E-state index in [0.717, 1.165) is 12.4 Å². The molecule has 0 spiro atoms. The lowest BCUT2D eigenvalue weighted by Gasteiger charge is -2.22. The number of carbonyl (C=O) groups is 2. The van der Waals surface area contributed by atoms with Crippen molar-refractivity contribution in [3.05, 3.63) is 78.8 Å². The number of halogens is 6. The van der Waals surface area contributed by atoms with Crippen LogP contribution in [0.15, 0.2) is 48.8 Å². The molecule has 6 nitrogen and oxygen atoms in total. The second kappa shape index (κ2) is 15.8. The van der Waals surface area contributed by atoms with Crippen LogP contribution in [0.5, 0.6) is 0 Å². The maximum Gasteiger partial charge on any atom is 0.433 e. The minimum atomic E-state index is -4.50.